The van der Waals surface area contributed by atoms with E-state index in [2.05, 4.69) is 4.98 Å². The molecular weight excluding hydrogens is 250 g/mol. The molecule has 0 bridgehead atoms. The number of H-pyrrole nitrogens is 1. The van der Waals surface area contributed by atoms with Crippen LogP contribution in [0.5, 0.6) is 5.75 Å². The first-order chi connectivity index (χ1) is 8.69. The summed E-state index contributed by atoms with van der Waals surface area (Å²) in [7, 11) is 1.60. The number of benzene rings is 2. The molecule has 0 atom stereocenters. The Kier molecular flexibility index (Phi) is 2.49. The van der Waals surface area contributed by atoms with Gasteiger partial charge in [-0.1, -0.05) is 11.6 Å². The van der Waals surface area contributed by atoms with Crippen molar-refractivity contribution in [3.8, 4) is 5.75 Å². The van der Waals surface area contributed by atoms with Crippen molar-refractivity contribution in [2.75, 3.05) is 7.11 Å². The van der Waals surface area contributed by atoms with E-state index in [1.165, 1.54) is 0 Å². The summed E-state index contributed by atoms with van der Waals surface area (Å²) in [6.07, 6.45) is 0. The highest BCUT2D eigenvalue weighted by Gasteiger charge is 2.06. The third-order valence-electron chi connectivity index (χ3n) is 2.97. The molecule has 90 valence electrons. The summed E-state index contributed by atoms with van der Waals surface area (Å²) in [6.45, 7) is 0. The van der Waals surface area contributed by atoms with Crippen molar-refractivity contribution >= 4 is 33.4 Å². The average molecular weight is 260 g/mol. The summed E-state index contributed by atoms with van der Waals surface area (Å²) < 4.78 is 5.15. The Morgan fingerprint density at radius 2 is 1.89 bits per heavy atom. The highest BCUT2D eigenvalue weighted by molar-refractivity contribution is 6.31. The number of hydrogen-bond donors (Lipinski definition) is 1. The number of methoxy groups -OCH3 is 1. The predicted molar refractivity (Wildman–Crippen MR) is 73.6 cm³/mol. The third-order valence-corrected chi connectivity index (χ3v) is 3.20. The molecule has 0 amide bonds. The molecular formula is C14H10ClNO2. The number of aromatic nitrogens is 1. The van der Waals surface area contributed by atoms with Crippen LogP contribution in [0.3, 0.4) is 0 Å². The van der Waals surface area contributed by atoms with Gasteiger partial charge in [-0.15, -0.1) is 0 Å². The van der Waals surface area contributed by atoms with Gasteiger partial charge in [-0.25, -0.2) is 0 Å². The molecule has 0 aliphatic heterocycles. The van der Waals surface area contributed by atoms with Gasteiger partial charge in [-0.05, 0) is 30.3 Å². The minimum absolute atomic E-state index is 0.0242. The lowest BCUT2D eigenvalue weighted by Gasteiger charge is -2.05. The maximum Gasteiger partial charge on any atom is 0.197 e. The predicted octanol–water partition coefficient (Wildman–Crippen LogP) is 3.34. The zero-order valence-electron chi connectivity index (χ0n) is 9.66. The van der Waals surface area contributed by atoms with Crippen molar-refractivity contribution < 1.29 is 4.74 Å². The molecule has 2 aromatic carbocycles. The molecule has 0 unspecified atom stereocenters. The minimum Gasteiger partial charge on any atom is -0.497 e. The number of aromatic amines is 1. The number of hydrogen-bond acceptors (Lipinski definition) is 2. The van der Waals surface area contributed by atoms with Crippen LogP contribution in [0.1, 0.15) is 0 Å². The van der Waals surface area contributed by atoms with Gasteiger partial charge in [0.25, 0.3) is 0 Å². The fourth-order valence-corrected chi connectivity index (χ4v) is 2.23. The van der Waals surface area contributed by atoms with Crippen LogP contribution in [0.15, 0.2) is 41.2 Å². The summed E-state index contributed by atoms with van der Waals surface area (Å²) in [5.74, 6) is 0.714. The molecule has 1 aromatic heterocycles. The zero-order valence-corrected chi connectivity index (χ0v) is 10.4. The number of pyridine rings is 1. The second-order valence-electron chi connectivity index (χ2n) is 4.06. The van der Waals surface area contributed by atoms with Gasteiger partial charge in [-0.2, -0.15) is 0 Å². The lowest BCUT2D eigenvalue weighted by molar-refractivity contribution is 0.415. The SMILES string of the molecule is COc1ccc2c(=O)c3cc(Cl)ccc3[nH]c2c1. The lowest BCUT2D eigenvalue weighted by atomic mass is 10.1. The van der Waals surface area contributed by atoms with Gasteiger partial charge in [0.15, 0.2) is 5.43 Å². The van der Waals surface area contributed by atoms with Crippen LogP contribution in [0.2, 0.25) is 5.02 Å². The van der Waals surface area contributed by atoms with Crippen LogP contribution in [-0.4, -0.2) is 12.1 Å². The maximum absolute atomic E-state index is 12.3. The summed E-state index contributed by atoms with van der Waals surface area (Å²) in [6, 6.07) is 10.6. The highest BCUT2D eigenvalue weighted by Crippen LogP contribution is 2.21. The highest BCUT2D eigenvalue weighted by atomic mass is 35.5. The largest absolute Gasteiger partial charge is 0.497 e. The standard InChI is InChI=1S/C14H10ClNO2/c1-18-9-3-4-10-13(7-9)16-12-5-2-8(15)6-11(12)14(10)17/h2-7H,1H3,(H,16,17). The van der Waals surface area contributed by atoms with E-state index >= 15 is 0 Å². The first-order valence-electron chi connectivity index (χ1n) is 5.48. The van der Waals surface area contributed by atoms with Crippen molar-refractivity contribution in [3.63, 3.8) is 0 Å². The Bertz CT molecular complexity index is 808. The smallest absolute Gasteiger partial charge is 0.197 e. The van der Waals surface area contributed by atoms with Crippen LogP contribution in [0.25, 0.3) is 21.8 Å². The van der Waals surface area contributed by atoms with Crippen LogP contribution >= 0.6 is 11.6 Å². The molecule has 0 aliphatic carbocycles. The minimum atomic E-state index is -0.0242. The fourth-order valence-electron chi connectivity index (χ4n) is 2.06. The molecule has 0 radical (unpaired) electrons. The number of rotatable bonds is 1. The van der Waals surface area contributed by atoms with Crippen LogP contribution in [-0.2, 0) is 0 Å². The second-order valence-corrected chi connectivity index (χ2v) is 4.49. The van der Waals surface area contributed by atoms with Crippen molar-refractivity contribution in [2.24, 2.45) is 0 Å². The van der Waals surface area contributed by atoms with Gasteiger partial charge in [0, 0.05) is 27.4 Å². The molecule has 0 aliphatic rings. The first-order valence-corrected chi connectivity index (χ1v) is 5.86. The number of ether oxygens (including phenoxy) is 1. The Hall–Kier alpha value is -2.00. The van der Waals surface area contributed by atoms with Crippen LogP contribution < -0.4 is 10.2 Å². The number of nitrogens with one attached hydrogen (secondary N) is 1. The van der Waals surface area contributed by atoms with Gasteiger partial charge in [0.05, 0.1) is 12.6 Å². The van der Waals surface area contributed by atoms with Gasteiger partial charge in [0.2, 0.25) is 0 Å². The molecule has 18 heavy (non-hydrogen) atoms. The first kappa shape index (κ1) is 11.1. The molecule has 3 rings (SSSR count). The summed E-state index contributed by atoms with van der Waals surface area (Å²) in [5, 5.41) is 1.78. The van der Waals surface area contributed by atoms with E-state index in [0.29, 0.717) is 21.5 Å². The van der Waals surface area contributed by atoms with Crippen molar-refractivity contribution in [2.45, 2.75) is 0 Å². The van der Waals surface area contributed by atoms with Crippen molar-refractivity contribution in [3.05, 3.63) is 51.6 Å². The Balaban J connectivity index is 2.48. The topological polar surface area (TPSA) is 42.1 Å². The van der Waals surface area contributed by atoms with E-state index < -0.39 is 0 Å². The van der Waals surface area contributed by atoms with Crippen molar-refractivity contribution in [1.82, 2.24) is 4.98 Å². The second kappa shape index (κ2) is 4.03. The average Bonchev–Trinajstić information content (AvgIpc) is 2.39. The molecule has 1 N–H and O–H groups in total. The third kappa shape index (κ3) is 1.64. The Morgan fingerprint density at radius 3 is 2.67 bits per heavy atom. The van der Waals surface area contributed by atoms with E-state index in [9.17, 15) is 4.79 Å². The van der Waals surface area contributed by atoms with Gasteiger partial charge >= 0.3 is 0 Å². The summed E-state index contributed by atoms with van der Waals surface area (Å²) >= 11 is 5.92. The van der Waals surface area contributed by atoms with Gasteiger partial charge < -0.3 is 9.72 Å². The normalized spacial score (nSPS) is 11.0. The fraction of sp³-hybridized carbons (Fsp3) is 0.0714. The van der Waals surface area contributed by atoms with E-state index in [0.717, 1.165) is 11.0 Å². The van der Waals surface area contributed by atoms with Gasteiger partial charge in [0.1, 0.15) is 5.75 Å². The van der Waals surface area contributed by atoms with E-state index in [1.807, 2.05) is 6.07 Å². The lowest BCUT2D eigenvalue weighted by Crippen LogP contribution is -2.04. The molecule has 0 saturated heterocycles. The zero-order chi connectivity index (χ0) is 12.7. The van der Waals surface area contributed by atoms with E-state index in [-0.39, 0.29) is 5.43 Å². The van der Waals surface area contributed by atoms with Crippen LogP contribution in [0.4, 0.5) is 0 Å². The molecule has 1 heterocycles. The monoisotopic (exact) mass is 259 g/mol. The number of fused-ring (bicyclic) bond motifs is 2. The number of halogens is 1. The molecule has 0 spiro atoms. The van der Waals surface area contributed by atoms with E-state index in [4.69, 9.17) is 16.3 Å². The molecule has 3 nitrogen and oxygen atoms in total. The van der Waals surface area contributed by atoms with E-state index in [1.54, 1.807) is 37.4 Å². The molecule has 0 fully saturated rings. The summed E-state index contributed by atoms with van der Waals surface area (Å²) in [4.78, 5) is 15.5. The molecule has 4 heteroatoms. The van der Waals surface area contributed by atoms with Gasteiger partial charge in [-0.3, -0.25) is 4.79 Å². The molecule has 3 aromatic rings. The Morgan fingerprint density at radius 1 is 1.06 bits per heavy atom. The maximum atomic E-state index is 12.3. The van der Waals surface area contributed by atoms with Crippen LogP contribution in [0, 0.1) is 0 Å². The Labute approximate surface area is 108 Å². The summed E-state index contributed by atoms with van der Waals surface area (Å²) in [5.41, 5.74) is 1.50. The molecule has 0 saturated carbocycles. The van der Waals surface area contributed by atoms with Crippen molar-refractivity contribution in [1.29, 1.82) is 0 Å². The quantitative estimate of drug-likeness (QED) is 0.681.